The van der Waals surface area contributed by atoms with Crippen LogP contribution < -0.4 is 14.8 Å². The molecule has 0 saturated carbocycles. The Labute approximate surface area is 165 Å². The fourth-order valence-corrected chi connectivity index (χ4v) is 4.00. The van der Waals surface area contributed by atoms with E-state index in [1.165, 1.54) is 12.7 Å². The SMILES string of the molecule is COc1ccc(C)cc1S(=O)(=O)Nc1ccc(NCCc2ccccc2)cn1. The van der Waals surface area contributed by atoms with Gasteiger partial charge in [0.25, 0.3) is 10.0 Å². The van der Waals surface area contributed by atoms with Gasteiger partial charge in [-0.3, -0.25) is 4.72 Å². The van der Waals surface area contributed by atoms with E-state index < -0.39 is 10.0 Å². The van der Waals surface area contributed by atoms with E-state index in [1.54, 1.807) is 36.5 Å². The standard InChI is InChI=1S/C21H23N3O3S/c1-16-8-10-19(27-2)20(14-16)28(25,26)24-21-11-9-18(15-23-21)22-13-12-17-6-4-3-5-7-17/h3-11,14-15,22H,12-13H2,1-2H3,(H,23,24). The van der Waals surface area contributed by atoms with Crippen molar-refractivity contribution in [2.24, 2.45) is 0 Å². The van der Waals surface area contributed by atoms with E-state index in [2.05, 4.69) is 27.2 Å². The van der Waals surface area contributed by atoms with Crippen LogP contribution in [0.25, 0.3) is 0 Å². The first kappa shape index (κ1) is 19.7. The number of hydrogen-bond donors (Lipinski definition) is 2. The lowest BCUT2D eigenvalue weighted by Gasteiger charge is -2.12. The van der Waals surface area contributed by atoms with Crippen LogP contribution in [-0.4, -0.2) is 27.1 Å². The molecule has 3 rings (SSSR count). The third kappa shape index (κ3) is 5.01. The van der Waals surface area contributed by atoms with E-state index in [0.717, 1.165) is 24.2 Å². The molecule has 3 aromatic rings. The van der Waals surface area contributed by atoms with E-state index in [9.17, 15) is 8.42 Å². The molecular formula is C21H23N3O3S. The normalized spacial score (nSPS) is 11.1. The second-order valence-electron chi connectivity index (χ2n) is 6.35. The molecule has 0 bridgehead atoms. The number of hydrogen-bond acceptors (Lipinski definition) is 5. The molecule has 0 aliphatic rings. The molecular weight excluding hydrogens is 374 g/mol. The zero-order chi connectivity index (χ0) is 20.0. The Bertz CT molecular complexity index is 1020. The highest BCUT2D eigenvalue weighted by Crippen LogP contribution is 2.26. The lowest BCUT2D eigenvalue weighted by atomic mass is 10.1. The molecule has 0 unspecified atom stereocenters. The number of nitrogens with zero attached hydrogens (tertiary/aromatic N) is 1. The van der Waals surface area contributed by atoms with Crippen LogP contribution in [0.15, 0.2) is 71.8 Å². The third-order valence-corrected chi connectivity index (χ3v) is 5.57. The molecule has 0 aliphatic carbocycles. The number of nitrogens with one attached hydrogen (secondary N) is 2. The second kappa shape index (κ2) is 8.75. The van der Waals surface area contributed by atoms with E-state index in [0.29, 0.717) is 0 Å². The Hall–Kier alpha value is -3.06. The van der Waals surface area contributed by atoms with Crippen LogP contribution in [0.5, 0.6) is 5.75 Å². The van der Waals surface area contributed by atoms with Crippen LogP contribution in [0.4, 0.5) is 11.5 Å². The van der Waals surface area contributed by atoms with Gasteiger partial charge in [0.2, 0.25) is 0 Å². The maximum Gasteiger partial charge on any atom is 0.266 e. The Balaban J connectivity index is 1.64. The summed E-state index contributed by atoms with van der Waals surface area (Å²) in [6.45, 7) is 2.59. The third-order valence-electron chi connectivity index (χ3n) is 4.20. The molecule has 2 aromatic carbocycles. The average molecular weight is 398 g/mol. The Morgan fingerprint density at radius 2 is 1.82 bits per heavy atom. The van der Waals surface area contributed by atoms with Gasteiger partial charge in [0.15, 0.2) is 0 Å². The topological polar surface area (TPSA) is 80.3 Å². The summed E-state index contributed by atoms with van der Waals surface area (Å²) in [5.41, 5.74) is 2.90. The van der Waals surface area contributed by atoms with Crippen molar-refractivity contribution >= 4 is 21.5 Å². The minimum atomic E-state index is -3.80. The number of aryl methyl sites for hydroxylation is 1. The van der Waals surface area contributed by atoms with Crippen LogP contribution in [-0.2, 0) is 16.4 Å². The molecule has 2 N–H and O–H groups in total. The molecule has 6 nitrogen and oxygen atoms in total. The first-order chi connectivity index (χ1) is 13.5. The molecule has 0 amide bonds. The van der Waals surface area contributed by atoms with Crippen LogP contribution in [0, 0.1) is 6.92 Å². The van der Waals surface area contributed by atoms with Crippen molar-refractivity contribution in [2.75, 3.05) is 23.7 Å². The van der Waals surface area contributed by atoms with Crippen molar-refractivity contribution in [3.63, 3.8) is 0 Å². The highest BCUT2D eigenvalue weighted by atomic mass is 32.2. The number of benzene rings is 2. The summed E-state index contributed by atoms with van der Waals surface area (Å²) in [4.78, 5) is 4.28. The summed E-state index contributed by atoms with van der Waals surface area (Å²) in [5.74, 6) is 0.537. The first-order valence-electron chi connectivity index (χ1n) is 8.89. The molecule has 0 atom stereocenters. The van der Waals surface area contributed by atoms with Gasteiger partial charge in [-0.1, -0.05) is 36.4 Å². The van der Waals surface area contributed by atoms with E-state index in [-0.39, 0.29) is 16.5 Å². The van der Waals surface area contributed by atoms with Crippen LogP contribution >= 0.6 is 0 Å². The molecule has 7 heteroatoms. The van der Waals surface area contributed by atoms with Crippen molar-refractivity contribution in [3.8, 4) is 5.75 Å². The molecule has 1 aromatic heterocycles. The number of aromatic nitrogens is 1. The van der Waals surface area contributed by atoms with Crippen molar-refractivity contribution in [1.82, 2.24) is 4.98 Å². The number of pyridine rings is 1. The molecule has 0 spiro atoms. The van der Waals surface area contributed by atoms with Gasteiger partial charge in [-0.2, -0.15) is 0 Å². The number of ether oxygens (including phenoxy) is 1. The van der Waals surface area contributed by atoms with Crippen molar-refractivity contribution in [1.29, 1.82) is 0 Å². The maximum absolute atomic E-state index is 12.7. The van der Waals surface area contributed by atoms with Gasteiger partial charge in [0.05, 0.1) is 19.0 Å². The quantitative estimate of drug-likeness (QED) is 0.603. The highest BCUT2D eigenvalue weighted by molar-refractivity contribution is 7.92. The van der Waals surface area contributed by atoms with Crippen molar-refractivity contribution in [3.05, 3.63) is 78.0 Å². The number of methoxy groups -OCH3 is 1. The van der Waals surface area contributed by atoms with Gasteiger partial charge >= 0.3 is 0 Å². The van der Waals surface area contributed by atoms with Gasteiger partial charge < -0.3 is 10.1 Å². The second-order valence-corrected chi connectivity index (χ2v) is 8.01. The van der Waals surface area contributed by atoms with Gasteiger partial charge in [0, 0.05) is 6.54 Å². The molecule has 0 saturated heterocycles. The average Bonchev–Trinajstić information content (AvgIpc) is 2.70. The summed E-state index contributed by atoms with van der Waals surface area (Å²) in [6.07, 6.45) is 2.50. The predicted octanol–water partition coefficient (Wildman–Crippen LogP) is 3.85. The number of rotatable bonds is 8. The lowest BCUT2D eigenvalue weighted by Crippen LogP contribution is -2.15. The molecule has 146 valence electrons. The fraction of sp³-hybridized carbons (Fsp3) is 0.190. The van der Waals surface area contributed by atoms with Gasteiger partial charge in [-0.15, -0.1) is 0 Å². The van der Waals surface area contributed by atoms with E-state index >= 15 is 0 Å². The van der Waals surface area contributed by atoms with Gasteiger partial charge in [-0.05, 0) is 48.7 Å². The van der Waals surface area contributed by atoms with Crippen LogP contribution in [0.3, 0.4) is 0 Å². The summed E-state index contributed by atoms with van der Waals surface area (Å²) in [5, 5.41) is 3.28. The van der Waals surface area contributed by atoms with Gasteiger partial charge in [0.1, 0.15) is 16.5 Å². The molecule has 28 heavy (non-hydrogen) atoms. The zero-order valence-electron chi connectivity index (χ0n) is 15.8. The molecule has 0 radical (unpaired) electrons. The van der Waals surface area contributed by atoms with Crippen LogP contribution in [0.1, 0.15) is 11.1 Å². The molecule has 1 heterocycles. The monoisotopic (exact) mass is 397 g/mol. The minimum absolute atomic E-state index is 0.0851. The highest BCUT2D eigenvalue weighted by Gasteiger charge is 2.20. The van der Waals surface area contributed by atoms with Crippen molar-refractivity contribution in [2.45, 2.75) is 18.2 Å². The molecule has 0 fully saturated rings. The number of anilines is 2. The Morgan fingerprint density at radius 1 is 1.04 bits per heavy atom. The maximum atomic E-state index is 12.7. The summed E-state index contributed by atoms with van der Waals surface area (Å²) in [6, 6.07) is 18.6. The number of sulfonamides is 1. The van der Waals surface area contributed by atoms with Gasteiger partial charge in [-0.25, -0.2) is 13.4 Å². The first-order valence-corrected chi connectivity index (χ1v) is 10.4. The van der Waals surface area contributed by atoms with Crippen LogP contribution in [0.2, 0.25) is 0 Å². The minimum Gasteiger partial charge on any atom is -0.495 e. The van der Waals surface area contributed by atoms with Crippen molar-refractivity contribution < 1.29 is 13.2 Å². The fourth-order valence-electron chi connectivity index (χ4n) is 2.74. The Kier molecular flexibility index (Phi) is 6.16. The summed E-state index contributed by atoms with van der Waals surface area (Å²) in [7, 11) is -2.36. The largest absolute Gasteiger partial charge is 0.495 e. The predicted molar refractivity (Wildman–Crippen MR) is 111 cm³/mol. The summed E-state index contributed by atoms with van der Waals surface area (Å²) < 4.78 is 33.1. The smallest absolute Gasteiger partial charge is 0.266 e. The lowest BCUT2D eigenvalue weighted by molar-refractivity contribution is 0.402. The Morgan fingerprint density at radius 3 is 2.50 bits per heavy atom. The van der Waals surface area contributed by atoms with E-state index in [4.69, 9.17) is 4.74 Å². The molecule has 0 aliphatic heterocycles. The van der Waals surface area contributed by atoms with E-state index in [1.807, 2.05) is 25.1 Å². The summed E-state index contributed by atoms with van der Waals surface area (Å²) >= 11 is 0. The zero-order valence-corrected chi connectivity index (χ0v) is 16.7.